The van der Waals surface area contributed by atoms with Crippen LogP contribution in [0.3, 0.4) is 0 Å². The van der Waals surface area contributed by atoms with Crippen molar-refractivity contribution in [2.75, 3.05) is 18.5 Å². The number of hydrogen-bond donors (Lipinski definition) is 2. The summed E-state index contributed by atoms with van der Waals surface area (Å²) in [7, 11) is 0. The van der Waals surface area contributed by atoms with Gasteiger partial charge in [0.25, 0.3) is 5.56 Å². The molecular weight excluding hydrogens is 374 g/mol. The van der Waals surface area contributed by atoms with E-state index >= 15 is 0 Å². The molecule has 3 aromatic rings. The molecule has 2 aromatic heterocycles. The summed E-state index contributed by atoms with van der Waals surface area (Å²) in [5.41, 5.74) is 0.378. The van der Waals surface area contributed by atoms with Gasteiger partial charge in [0.15, 0.2) is 5.82 Å². The Morgan fingerprint density at radius 2 is 2.00 bits per heavy atom. The maximum absolute atomic E-state index is 12.1. The molecule has 29 heavy (non-hydrogen) atoms. The molecule has 0 unspecified atom stereocenters. The van der Waals surface area contributed by atoms with Gasteiger partial charge in [-0.3, -0.25) is 4.79 Å². The van der Waals surface area contributed by atoms with Gasteiger partial charge in [-0.05, 0) is 36.8 Å². The highest BCUT2D eigenvalue weighted by Crippen LogP contribution is 2.15. The van der Waals surface area contributed by atoms with Crippen molar-refractivity contribution in [2.45, 2.75) is 26.3 Å². The Balaban J connectivity index is 1.47. The average molecular weight is 397 g/mol. The van der Waals surface area contributed by atoms with Crippen LogP contribution in [0.15, 0.2) is 53.8 Å². The quantitative estimate of drug-likeness (QED) is 0.532. The van der Waals surface area contributed by atoms with E-state index in [0.29, 0.717) is 18.1 Å². The summed E-state index contributed by atoms with van der Waals surface area (Å²) in [4.78, 5) is 27.9. The zero-order chi connectivity index (χ0) is 20.5. The summed E-state index contributed by atoms with van der Waals surface area (Å²) in [6.45, 7) is 3.24. The first-order valence-corrected chi connectivity index (χ1v) is 9.36. The number of rotatable bonds is 9. The number of carbonyl (C=O) groups is 1. The van der Waals surface area contributed by atoms with E-state index in [-0.39, 0.29) is 24.7 Å². The highest BCUT2D eigenvalue weighted by Gasteiger charge is 2.05. The van der Waals surface area contributed by atoms with Crippen molar-refractivity contribution >= 4 is 11.7 Å². The molecular formula is C19H23N7O3. The minimum Gasteiger partial charge on any atom is -0.494 e. The monoisotopic (exact) mass is 397 g/mol. The topological polar surface area (TPSA) is 116 Å². The van der Waals surface area contributed by atoms with Crippen molar-refractivity contribution in [1.29, 1.82) is 0 Å². The molecule has 0 bridgehead atoms. The Bertz CT molecular complexity index is 968. The van der Waals surface area contributed by atoms with E-state index in [0.717, 1.165) is 18.6 Å². The van der Waals surface area contributed by atoms with Crippen LogP contribution < -0.4 is 20.9 Å². The van der Waals surface area contributed by atoms with Gasteiger partial charge in [-0.15, -0.1) is 5.10 Å². The Morgan fingerprint density at radius 3 is 2.72 bits per heavy atom. The van der Waals surface area contributed by atoms with Gasteiger partial charge < -0.3 is 15.4 Å². The van der Waals surface area contributed by atoms with Crippen molar-refractivity contribution in [3.63, 3.8) is 0 Å². The van der Waals surface area contributed by atoms with E-state index in [1.807, 2.05) is 12.1 Å². The number of urea groups is 1. The van der Waals surface area contributed by atoms with Crippen LogP contribution in [0.2, 0.25) is 0 Å². The Kier molecular flexibility index (Phi) is 6.93. The van der Waals surface area contributed by atoms with Gasteiger partial charge in [-0.1, -0.05) is 13.3 Å². The third-order valence-electron chi connectivity index (χ3n) is 3.99. The second-order valence-corrected chi connectivity index (χ2v) is 6.20. The summed E-state index contributed by atoms with van der Waals surface area (Å²) in [5, 5.41) is 13.6. The van der Waals surface area contributed by atoms with Crippen LogP contribution in [0.4, 0.5) is 10.5 Å². The molecule has 0 spiro atoms. The molecule has 0 aliphatic carbocycles. The maximum atomic E-state index is 12.1. The van der Waals surface area contributed by atoms with E-state index in [4.69, 9.17) is 4.74 Å². The lowest BCUT2D eigenvalue weighted by molar-refractivity contribution is 0.251. The normalized spacial score (nSPS) is 10.5. The van der Waals surface area contributed by atoms with Crippen LogP contribution in [0.25, 0.3) is 5.82 Å². The van der Waals surface area contributed by atoms with Crippen molar-refractivity contribution in [3.8, 4) is 11.6 Å². The molecule has 2 heterocycles. The Morgan fingerprint density at radius 1 is 1.17 bits per heavy atom. The molecule has 2 amide bonds. The van der Waals surface area contributed by atoms with Crippen molar-refractivity contribution in [2.24, 2.45) is 0 Å². The number of nitrogens with zero attached hydrogens (tertiary/aromatic N) is 5. The first-order valence-electron chi connectivity index (χ1n) is 9.36. The van der Waals surface area contributed by atoms with Crippen LogP contribution in [0, 0.1) is 0 Å². The lowest BCUT2D eigenvalue weighted by Crippen LogP contribution is -2.34. The number of ether oxygens (including phenoxy) is 1. The molecule has 0 aliphatic heterocycles. The minimum absolute atomic E-state index is 0.221. The van der Waals surface area contributed by atoms with Gasteiger partial charge in [0.05, 0.1) is 13.2 Å². The van der Waals surface area contributed by atoms with E-state index in [2.05, 4.69) is 32.7 Å². The number of carbonyl (C=O) groups excluding carboxylic acids is 1. The number of nitrogens with one attached hydrogen (secondary N) is 2. The summed E-state index contributed by atoms with van der Waals surface area (Å²) < 4.78 is 8.30. The second kappa shape index (κ2) is 10.0. The highest BCUT2D eigenvalue weighted by molar-refractivity contribution is 5.89. The molecule has 1 aromatic carbocycles. The number of benzene rings is 1. The van der Waals surface area contributed by atoms with Crippen molar-refractivity contribution < 1.29 is 9.53 Å². The lowest BCUT2D eigenvalue weighted by Gasteiger charge is -2.10. The summed E-state index contributed by atoms with van der Waals surface area (Å²) >= 11 is 0. The third kappa shape index (κ3) is 5.89. The lowest BCUT2D eigenvalue weighted by atomic mass is 10.3. The molecule has 3 rings (SSSR count). The third-order valence-corrected chi connectivity index (χ3v) is 3.99. The summed E-state index contributed by atoms with van der Waals surface area (Å²) in [5.74, 6) is 1.23. The molecule has 10 nitrogen and oxygen atoms in total. The number of anilines is 1. The first kappa shape index (κ1) is 20.1. The molecule has 10 heteroatoms. The average Bonchev–Trinajstić information content (AvgIpc) is 3.26. The predicted molar refractivity (Wildman–Crippen MR) is 107 cm³/mol. The molecule has 152 valence electrons. The van der Waals surface area contributed by atoms with Crippen LogP contribution in [0.1, 0.15) is 19.8 Å². The fourth-order valence-corrected chi connectivity index (χ4v) is 2.47. The maximum Gasteiger partial charge on any atom is 0.319 e. The van der Waals surface area contributed by atoms with E-state index < -0.39 is 0 Å². The zero-order valence-corrected chi connectivity index (χ0v) is 16.1. The Hall–Kier alpha value is -3.69. The van der Waals surface area contributed by atoms with Gasteiger partial charge in [-0.2, -0.15) is 5.10 Å². The fourth-order valence-electron chi connectivity index (χ4n) is 2.47. The molecule has 0 saturated heterocycles. The van der Waals surface area contributed by atoms with Gasteiger partial charge >= 0.3 is 6.03 Å². The van der Waals surface area contributed by atoms with E-state index in [9.17, 15) is 9.59 Å². The summed E-state index contributed by atoms with van der Waals surface area (Å²) in [6.07, 6.45) is 4.95. The molecule has 2 N–H and O–H groups in total. The number of hydrogen-bond acceptors (Lipinski definition) is 6. The smallest absolute Gasteiger partial charge is 0.319 e. The molecule has 0 fully saturated rings. The predicted octanol–water partition coefficient (Wildman–Crippen LogP) is 1.82. The largest absolute Gasteiger partial charge is 0.494 e. The van der Waals surface area contributed by atoms with Crippen LogP contribution in [-0.4, -0.2) is 43.7 Å². The van der Waals surface area contributed by atoms with Gasteiger partial charge in [0.1, 0.15) is 18.4 Å². The number of unbranched alkanes of at least 4 members (excludes halogenated alkanes) is 1. The fraction of sp³-hybridized carbons (Fsp3) is 0.316. The van der Waals surface area contributed by atoms with Crippen LogP contribution >= 0.6 is 0 Å². The number of amides is 2. The number of aromatic nitrogens is 5. The minimum atomic E-state index is -0.370. The van der Waals surface area contributed by atoms with Crippen LogP contribution in [-0.2, 0) is 6.54 Å². The van der Waals surface area contributed by atoms with Gasteiger partial charge in [0.2, 0.25) is 0 Å². The Labute approximate surface area is 167 Å². The summed E-state index contributed by atoms with van der Waals surface area (Å²) in [6, 6.07) is 9.75. The second-order valence-electron chi connectivity index (χ2n) is 6.20. The zero-order valence-electron chi connectivity index (χ0n) is 16.1. The van der Waals surface area contributed by atoms with E-state index in [1.54, 1.807) is 18.2 Å². The van der Waals surface area contributed by atoms with Crippen LogP contribution in [0.5, 0.6) is 5.75 Å². The molecule has 0 radical (unpaired) electrons. The van der Waals surface area contributed by atoms with Gasteiger partial charge in [0, 0.05) is 18.3 Å². The van der Waals surface area contributed by atoms with Gasteiger partial charge in [-0.25, -0.2) is 19.1 Å². The standard InChI is InChI=1S/C19H23N7O3/c1-2-3-12-29-16-6-4-15(5-7-16)23-19(28)21-10-11-25-18(27)9-8-17(24-25)26-14-20-13-22-26/h4-9,13-14H,2-3,10-12H2,1H3,(H2,21,23,28). The molecule has 0 saturated carbocycles. The van der Waals surface area contributed by atoms with Crippen molar-refractivity contribution in [3.05, 3.63) is 59.4 Å². The first-order chi connectivity index (χ1) is 14.2. The highest BCUT2D eigenvalue weighted by atomic mass is 16.5. The van der Waals surface area contributed by atoms with Crippen molar-refractivity contribution in [1.82, 2.24) is 29.9 Å². The molecule has 0 atom stereocenters. The SMILES string of the molecule is CCCCOc1ccc(NC(=O)NCCn2nc(-n3cncn3)ccc2=O)cc1. The molecule has 0 aliphatic rings. The van der Waals surface area contributed by atoms with E-state index in [1.165, 1.54) is 28.1 Å².